The number of nitrogens with one attached hydrogen (secondary N) is 2. The largest absolute Gasteiger partial charge is 0.398 e. The number of sulfonamides is 1. The topological polar surface area (TPSA) is 101 Å². The Bertz CT molecular complexity index is 590. The number of carbonyl (C=O) groups excluding carboxylic acids is 1. The van der Waals surface area contributed by atoms with Gasteiger partial charge in [0.25, 0.3) is 5.91 Å². The van der Waals surface area contributed by atoms with Gasteiger partial charge in [0.2, 0.25) is 10.0 Å². The Morgan fingerprint density at radius 3 is 2.47 bits per heavy atom. The second-order valence-electron chi connectivity index (χ2n) is 3.63. The molecule has 1 aromatic carbocycles. The van der Waals surface area contributed by atoms with Gasteiger partial charge in [-0.05, 0) is 13.1 Å². The van der Waals surface area contributed by atoms with Gasteiger partial charge in [0.15, 0.2) is 11.6 Å². The Morgan fingerprint density at radius 1 is 1.32 bits per heavy atom. The van der Waals surface area contributed by atoms with Crippen LogP contribution in [0.15, 0.2) is 12.1 Å². The summed E-state index contributed by atoms with van der Waals surface area (Å²) < 4.78 is 50.0. The van der Waals surface area contributed by atoms with Gasteiger partial charge in [-0.1, -0.05) is 0 Å². The van der Waals surface area contributed by atoms with Gasteiger partial charge < -0.3 is 11.1 Å². The zero-order valence-electron chi connectivity index (χ0n) is 10.0. The molecule has 1 rings (SSSR count). The molecule has 4 N–H and O–H groups in total. The summed E-state index contributed by atoms with van der Waals surface area (Å²) >= 11 is 0. The molecule has 0 heterocycles. The molecule has 0 fully saturated rings. The van der Waals surface area contributed by atoms with Crippen LogP contribution in [0, 0.1) is 11.6 Å². The predicted molar refractivity (Wildman–Crippen MR) is 66.0 cm³/mol. The molecule has 0 spiro atoms. The first-order valence-electron chi connectivity index (χ1n) is 5.21. The normalized spacial score (nSPS) is 11.3. The standard InChI is InChI=1S/C10H13F2N3O3S/c1-14-19(17,18)3-2-15-10(16)6-4-7(11)8(12)5-9(6)13/h4-5,14H,2-3,13H2,1H3,(H,15,16). The van der Waals surface area contributed by atoms with E-state index in [0.29, 0.717) is 12.1 Å². The fourth-order valence-electron chi connectivity index (χ4n) is 1.26. The van der Waals surface area contributed by atoms with Crippen LogP contribution < -0.4 is 15.8 Å². The first-order valence-corrected chi connectivity index (χ1v) is 6.86. The van der Waals surface area contributed by atoms with E-state index in [2.05, 4.69) is 10.0 Å². The highest BCUT2D eigenvalue weighted by molar-refractivity contribution is 7.89. The van der Waals surface area contributed by atoms with Crippen LogP contribution in [0.4, 0.5) is 14.5 Å². The summed E-state index contributed by atoms with van der Waals surface area (Å²) in [5.74, 6) is -3.48. The van der Waals surface area contributed by atoms with Crippen molar-refractivity contribution in [3.63, 3.8) is 0 Å². The second kappa shape index (κ2) is 5.93. The summed E-state index contributed by atoms with van der Waals surface area (Å²) in [4.78, 5) is 11.6. The molecular formula is C10H13F2N3O3S. The zero-order valence-corrected chi connectivity index (χ0v) is 10.9. The fraction of sp³-hybridized carbons (Fsp3) is 0.300. The van der Waals surface area contributed by atoms with Crippen LogP contribution in [0.2, 0.25) is 0 Å². The zero-order chi connectivity index (χ0) is 14.6. The van der Waals surface area contributed by atoms with Crippen molar-refractivity contribution in [3.05, 3.63) is 29.3 Å². The molecule has 0 aliphatic rings. The van der Waals surface area contributed by atoms with E-state index in [0.717, 1.165) is 0 Å². The smallest absolute Gasteiger partial charge is 0.253 e. The number of nitrogens with two attached hydrogens (primary N) is 1. The third-order valence-electron chi connectivity index (χ3n) is 2.30. The molecule has 1 aromatic rings. The number of halogens is 2. The van der Waals surface area contributed by atoms with Crippen LogP contribution in [0.25, 0.3) is 0 Å². The molecule has 19 heavy (non-hydrogen) atoms. The van der Waals surface area contributed by atoms with E-state index in [1.165, 1.54) is 7.05 Å². The lowest BCUT2D eigenvalue weighted by molar-refractivity contribution is 0.0956. The number of nitrogen functional groups attached to an aromatic ring is 1. The molecule has 0 bridgehead atoms. The Labute approximate surface area is 109 Å². The molecule has 0 unspecified atom stereocenters. The number of rotatable bonds is 5. The second-order valence-corrected chi connectivity index (χ2v) is 5.68. The van der Waals surface area contributed by atoms with Crippen LogP contribution in [-0.2, 0) is 10.0 Å². The van der Waals surface area contributed by atoms with Crippen molar-refractivity contribution in [2.24, 2.45) is 0 Å². The van der Waals surface area contributed by atoms with Crippen molar-refractivity contribution in [3.8, 4) is 0 Å². The molecule has 0 aliphatic carbocycles. The lowest BCUT2D eigenvalue weighted by atomic mass is 10.1. The maximum atomic E-state index is 13.0. The first kappa shape index (κ1) is 15.3. The van der Waals surface area contributed by atoms with Gasteiger partial charge >= 0.3 is 0 Å². The summed E-state index contributed by atoms with van der Waals surface area (Å²) in [7, 11) is -2.21. The molecule has 1 amide bonds. The van der Waals surface area contributed by atoms with Gasteiger partial charge in [0, 0.05) is 18.3 Å². The summed E-state index contributed by atoms with van der Waals surface area (Å²) in [6.45, 7) is -0.180. The van der Waals surface area contributed by atoms with E-state index < -0.39 is 27.6 Å². The van der Waals surface area contributed by atoms with Crippen molar-refractivity contribution in [2.75, 3.05) is 25.1 Å². The number of carbonyl (C=O) groups is 1. The third kappa shape index (κ3) is 4.14. The molecule has 0 aliphatic heterocycles. The van der Waals surface area contributed by atoms with Gasteiger partial charge in [-0.2, -0.15) is 0 Å². The minimum Gasteiger partial charge on any atom is -0.398 e. The maximum absolute atomic E-state index is 13.0. The molecule has 0 atom stereocenters. The lowest BCUT2D eigenvalue weighted by Gasteiger charge is -2.08. The van der Waals surface area contributed by atoms with E-state index in [9.17, 15) is 22.0 Å². The van der Waals surface area contributed by atoms with Crippen molar-refractivity contribution in [1.29, 1.82) is 0 Å². The number of benzene rings is 1. The highest BCUT2D eigenvalue weighted by Crippen LogP contribution is 2.16. The average Bonchev–Trinajstić information content (AvgIpc) is 2.33. The van der Waals surface area contributed by atoms with Crippen LogP contribution in [0.1, 0.15) is 10.4 Å². The predicted octanol–water partition coefficient (Wildman–Crippen LogP) is -0.174. The molecule has 106 valence electrons. The van der Waals surface area contributed by atoms with Crippen LogP contribution in [0.3, 0.4) is 0 Å². The minimum absolute atomic E-state index is 0.180. The summed E-state index contributed by atoms with van der Waals surface area (Å²) in [5, 5.41) is 2.25. The summed E-state index contributed by atoms with van der Waals surface area (Å²) in [6.07, 6.45) is 0. The van der Waals surface area contributed by atoms with E-state index in [1.54, 1.807) is 0 Å². The molecule has 0 radical (unpaired) electrons. The molecule has 9 heteroatoms. The SMILES string of the molecule is CNS(=O)(=O)CCNC(=O)c1cc(F)c(F)cc1N. The van der Waals surface area contributed by atoms with Crippen molar-refractivity contribution >= 4 is 21.6 Å². The van der Waals surface area contributed by atoms with Crippen LogP contribution >= 0.6 is 0 Å². The highest BCUT2D eigenvalue weighted by Gasteiger charge is 2.15. The highest BCUT2D eigenvalue weighted by atomic mass is 32.2. The first-order chi connectivity index (χ1) is 8.76. The third-order valence-corrected chi connectivity index (χ3v) is 3.67. The van der Waals surface area contributed by atoms with Crippen molar-refractivity contribution in [1.82, 2.24) is 10.0 Å². The Morgan fingerprint density at radius 2 is 1.89 bits per heavy atom. The lowest BCUT2D eigenvalue weighted by Crippen LogP contribution is -2.33. The Balaban J connectivity index is 2.72. The maximum Gasteiger partial charge on any atom is 0.253 e. The van der Waals surface area contributed by atoms with E-state index in [1.807, 2.05) is 0 Å². The van der Waals surface area contributed by atoms with Crippen LogP contribution in [-0.4, -0.2) is 33.7 Å². The minimum atomic E-state index is -3.45. The molecule has 0 aromatic heterocycles. The van der Waals surface area contributed by atoms with Crippen molar-refractivity contribution in [2.45, 2.75) is 0 Å². The molecule has 0 saturated heterocycles. The van der Waals surface area contributed by atoms with Crippen LogP contribution in [0.5, 0.6) is 0 Å². The Kier molecular flexibility index (Phi) is 4.78. The average molecular weight is 293 g/mol. The van der Waals surface area contributed by atoms with Crippen molar-refractivity contribution < 1.29 is 22.0 Å². The quantitative estimate of drug-likeness (QED) is 0.656. The molecule has 6 nitrogen and oxygen atoms in total. The summed E-state index contributed by atoms with van der Waals surface area (Å²) in [5.41, 5.74) is 4.90. The van der Waals surface area contributed by atoms with E-state index in [4.69, 9.17) is 5.73 Å². The van der Waals surface area contributed by atoms with E-state index in [-0.39, 0.29) is 23.5 Å². The molecular weight excluding hydrogens is 280 g/mol. The van der Waals surface area contributed by atoms with Gasteiger partial charge in [-0.3, -0.25) is 4.79 Å². The number of hydrogen-bond acceptors (Lipinski definition) is 4. The van der Waals surface area contributed by atoms with Gasteiger partial charge in [-0.25, -0.2) is 21.9 Å². The monoisotopic (exact) mass is 293 g/mol. The van der Waals surface area contributed by atoms with E-state index >= 15 is 0 Å². The van der Waals surface area contributed by atoms with Gasteiger partial charge in [-0.15, -0.1) is 0 Å². The summed E-state index contributed by atoms with van der Waals surface area (Å²) in [6, 6.07) is 1.35. The number of amides is 1. The van der Waals surface area contributed by atoms with Gasteiger partial charge in [0.1, 0.15) is 0 Å². The molecule has 0 saturated carbocycles. The Hall–Kier alpha value is -1.74. The number of hydrogen-bond donors (Lipinski definition) is 3. The van der Waals surface area contributed by atoms with Gasteiger partial charge in [0.05, 0.1) is 11.3 Å². The fourth-order valence-corrected chi connectivity index (χ4v) is 1.83. The number of anilines is 1.